The maximum Gasteiger partial charge on any atom is 0.407 e. The van der Waals surface area contributed by atoms with Gasteiger partial charge in [0.2, 0.25) is 17.7 Å². The van der Waals surface area contributed by atoms with Crippen LogP contribution >= 0.6 is 11.6 Å². The van der Waals surface area contributed by atoms with E-state index in [1.807, 2.05) is 27.7 Å². The molecule has 3 rings (SSSR count). The van der Waals surface area contributed by atoms with E-state index >= 15 is 0 Å². The Morgan fingerprint density at radius 3 is 2.07 bits per heavy atom. The number of rotatable bonds is 23. The molecule has 0 unspecified atom stereocenters. The molecule has 0 spiro atoms. The van der Waals surface area contributed by atoms with Gasteiger partial charge >= 0.3 is 18.0 Å². The van der Waals surface area contributed by atoms with Gasteiger partial charge in [0.1, 0.15) is 30.8 Å². The van der Waals surface area contributed by atoms with Gasteiger partial charge in [0.15, 0.2) is 11.5 Å². The molecule has 15 nitrogen and oxygen atoms in total. The Morgan fingerprint density at radius 2 is 1.39 bits per heavy atom. The molecule has 1 aliphatic carbocycles. The molecule has 4 amide bonds. The van der Waals surface area contributed by atoms with E-state index in [2.05, 4.69) is 21.3 Å². The molecule has 2 aromatic rings. The number of para-hydroxylation sites is 2. The van der Waals surface area contributed by atoms with Gasteiger partial charge in [-0.1, -0.05) is 76.0 Å². The van der Waals surface area contributed by atoms with Crippen molar-refractivity contribution in [3.8, 4) is 11.5 Å². The number of halogens is 1. The van der Waals surface area contributed by atoms with Crippen LogP contribution in [0, 0.1) is 11.8 Å². The number of benzene rings is 2. The summed E-state index contributed by atoms with van der Waals surface area (Å²) < 4.78 is 16.2. The van der Waals surface area contributed by atoms with Crippen molar-refractivity contribution in [2.45, 2.75) is 142 Å². The van der Waals surface area contributed by atoms with Crippen LogP contribution in [0.2, 0.25) is 5.02 Å². The molecule has 16 heteroatoms. The van der Waals surface area contributed by atoms with Gasteiger partial charge in [-0.15, -0.1) is 0 Å². The number of phenols is 1. The first kappa shape index (κ1) is 48.5. The van der Waals surface area contributed by atoms with Gasteiger partial charge in [0.25, 0.3) is 0 Å². The van der Waals surface area contributed by atoms with Gasteiger partial charge in [-0.05, 0) is 94.2 Å². The molecule has 0 radical (unpaired) electrons. The second-order valence-corrected chi connectivity index (χ2v) is 16.2. The minimum Gasteiger partial charge on any atom is -0.504 e. The molecule has 1 aliphatic rings. The number of phenolic OH excluding ortho intramolecular Hbond substituents is 1. The standard InChI is InChI=1S/C43H62ClN5O10/c1-27(2)24-34(48-39(52)32(45)21-22-38(51)58-30-15-6-5-7-16-30)41(54)47-33(18-12-13-23-46-43(56)57-26-29-14-8-9-17-31(29)44)40(53)49-35(25-28(3)4)42(55)59-37-20-11-10-19-36(37)50/h8-11,14,17,19-20,27-28,30,32-35,50H,5-7,12-13,15-16,18,21-26,45H2,1-4H3,(H,46,56)(H,47,54)(H,48,52)(H,49,53)/t32-,33-,34-,35-/m0/s1. The minimum atomic E-state index is -1.17. The average Bonchev–Trinajstić information content (AvgIpc) is 3.19. The Morgan fingerprint density at radius 1 is 0.780 bits per heavy atom. The van der Waals surface area contributed by atoms with E-state index in [1.165, 1.54) is 12.1 Å². The highest BCUT2D eigenvalue weighted by Gasteiger charge is 2.32. The number of nitrogens with one attached hydrogen (secondary N) is 4. The van der Waals surface area contributed by atoms with Crippen molar-refractivity contribution in [2.75, 3.05) is 6.54 Å². The first-order valence-corrected chi connectivity index (χ1v) is 21.0. The predicted molar refractivity (Wildman–Crippen MR) is 222 cm³/mol. The molecule has 1 fully saturated rings. The fourth-order valence-electron chi connectivity index (χ4n) is 6.51. The third-order valence-corrected chi connectivity index (χ3v) is 10.1. The first-order chi connectivity index (χ1) is 28.1. The lowest BCUT2D eigenvalue weighted by molar-refractivity contribution is -0.150. The number of alkyl carbamates (subject to hydrolysis) is 1. The van der Waals surface area contributed by atoms with Gasteiger partial charge in [-0.25, -0.2) is 9.59 Å². The van der Waals surface area contributed by atoms with Crippen LogP contribution in [0.3, 0.4) is 0 Å². The fourth-order valence-corrected chi connectivity index (χ4v) is 6.70. The summed E-state index contributed by atoms with van der Waals surface area (Å²) in [5, 5.41) is 21.5. The van der Waals surface area contributed by atoms with E-state index in [9.17, 15) is 33.9 Å². The van der Waals surface area contributed by atoms with Crippen LogP contribution in [-0.2, 0) is 40.1 Å². The van der Waals surface area contributed by atoms with Crippen molar-refractivity contribution in [2.24, 2.45) is 17.6 Å². The number of nitrogens with two attached hydrogens (primary N) is 1. The zero-order chi connectivity index (χ0) is 43.3. The summed E-state index contributed by atoms with van der Waals surface area (Å²) >= 11 is 6.14. The number of esters is 2. The molecular formula is C43H62ClN5O10. The van der Waals surface area contributed by atoms with Gasteiger partial charge in [0.05, 0.1) is 6.04 Å². The molecule has 59 heavy (non-hydrogen) atoms. The Balaban J connectivity index is 1.67. The van der Waals surface area contributed by atoms with Gasteiger partial charge in [-0.3, -0.25) is 19.2 Å². The monoisotopic (exact) mass is 843 g/mol. The highest BCUT2D eigenvalue weighted by atomic mass is 35.5. The predicted octanol–water partition coefficient (Wildman–Crippen LogP) is 5.58. The summed E-state index contributed by atoms with van der Waals surface area (Å²) in [6.45, 7) is 7.65. The number of carbonyl (C=O) groups excluding carboxylic acids is 6. The summed E-state index contributed by atoms with van der Waals surface area (Å²) in [6, 6.07) is 8.46. The summed E-state index contributed by atoms with van der Waals surface area (Å²) in [5.41, 5.74) is 6.82. The Kier molecular flexibility index (Phi) is 21.0. The third kappa shape index (κ3) is 18.3. The van der Waals surface area contributed by atoms with Crippen LogP contribution in [0.4, 0.5) is 4.79 Å². The molecule has 0 bridgehead atoms. The van der Waals surface area contributed by atoms with Crippen molar-refractivity contribution in [3.63, 3.8) is 0 Å². The lowest BCUT2D eigenvalue weighted by Crippen LogP contribution is -2.57. The summed E-state index contributed by atoms with van der Waals surface area (Å²) in [6.07, 6.45) is 5.22. The lowest BCUT2D eigenvalue weighted by Gasteiger charge is -2.27. The third-order valence-electron chi connectivity index (χ3n) is 9.71. The van der Waals surface area contributed by atoms with E-state index in [-0.39, 0.29) is 74.7 Å². The average molecular weight is 844 g/mol. The van der Waals surface area contributed by atoms with E-state index in [1.54, 1.807) is 36.4 Å². The molecule has 1 saturated carbocycles. The highest BCUT2D eigenvalue weighted by Crippen LogP contribution is 2.25. The van der Waals surface area contributed by atoms with Crippen molar-refractivity contribution in [1.82, 2.24) is 21.3 Å². The summed E-state index contributed by atoms with van der Waals surface area (Å²) in [7, 11) is 0. The van der Waals surface area contributed by atoms with E-state index < -0.39 is 59.9 Å². The van der Waals surface area contributed by atoms with Crippen LogP contribution in [0.25, 0.3) is 0 Å². The van der Waals surface area contributed by atoms with Crippen molar-refractivity contribution < 1.29 is 48.1 Å². The second kappa shape index (κ2) is 25.6. The Labute approximate surface area is 352 Å². The summed E-state index contributed by atoms with van der Waals surface area (Å²) in [5.74, 6) is -3.61. The van der Waals surface area contributed by atoms with Crippen LogP contribution in [-0.4, -0.2) is 77.7 Å². The number of unbranched alkanes of at least 4 members (excludes halogenated alkanes) is 1. The maximum absolute atomic E-state index is 13.9. The van der Waals surface area contributed by atoms with Crippen LogP contribution < -0.4 is 31.7 Å². The Hall–Kier alpha value is -4.89. The lowest BCUT2D eigenvalue weighted by atomic mass is 9.98. The van der Waals surface area contributed by atoms with Crippen molar-refractivity contribution in [3.05, 3.63) is 59.1 Å². The summed E-state index contributed by atoms with van der Waals surface area (Å²) in [4.78, 5) is 79.2. The van der Waals surface area contributed by atoms with Gasteiger partial charge in [0, 0.05) is 23.6 Å². The number of hydrogen-bond donors (Lipinski definition) is 6. The number of carbonyl (C=O) groups is 6. The molecule has 326 valence electrons. The largest absolute Gasteiger partial charge is 0.504 e. The number of ether oxygens (including phenoxy) is 3. The molecule has 0 aromatic heterocycles. The smallest absolute Gasteiger partial charge is 0.407 e. The number of hydrogen-bond acceptors (Lipinski definition) is 11. The fraction of sp³-hybridized carbons (Fsp3) is 0.581. The quantitative estimate of drug-likeness (QED) is 0.0460. The van der Waals surface area contributed by atoms with Crippen molar-refractivity contribution in [1.29, 1.82) is 0 Å². The Bertz CT molecular complexity index is 1690. The van der Waals surface area contributed by atoms with E-state index in [0.29, 0.717) is 23.4 Å². The SMILES string of the molecule is CC(C)C[C@H](NC(=O)[C@@H](N)CCC(=O)OC1CCCCC1)C(=O)N[C@@H](CCCCNC(=O)OCc1ccccc1Cl)C(=O)N[C@@H](CC(C)C)C(=O)Oc1ccccc1O. The minimum absolute atomic E-state index is 0.0183. The normalized spacial score (nSPS) is 15.0. The van der Waals surface area contributed by atoms with E-state index in [4.69, 9.17) is 31.5 Å². The second-order valence-electron chi connectivity index (χ2n) is 15.8. The molecule has 0 saturated heterocycles. The van der Waals surface area contributed by atoms with Gasteiger partial charge < -0.3 is 46.3 Å². The zero-order valence-electron chi connectivity index (χ0n) is 34.6. The maximum atomic E-state index is 13.9. The number of amides is 4. The van der Waals surface area contributed by atoms with Crippen molar-refractivity contribution >= 4 is 47.4 Å². The van der Waals surface area contributed by atoms with Gasteiger partial charge in [-0.2, -0.15) is 0 Å². The molecule has 0 heterocycles. The van der Waals surface area contributed by atoms with E-state index in [0.717, 1.165) is 32.1 Å². The van der Waals surface area contributed by atoms with Crippen LogP contribution in [0.5, 0.6) is 11.5 Å². The molecular weight excluding hydrogens is 782 g/mol. The molecule has 2 aromatic carbocycles. The number of aromatic hydroxyl groups is 1. The molecule has 0 aliphatic heterocycles. The topological polar surface area (TPSA) is 224 Å². The van der Waals surface area contributed by atoms with Crippen LogP contribution in [0.1, 0.15) is 110 Å². The first-order valence-electron chi connectivity index (χ1n) is 20.6. The van der Waals surface area contributed by atoms with Crippen LogP contribution in [0.15, 0.2) is 48.5 Å². The molecule has 4 atom stereocenters. The highest BCUT2D eigenvalue weighted by molar-refractivity contribution is 6.31. The zero-order valence-corrected chi connectivity index (χ0v) is 35.4. The molecule has 7 N–H and O–H groups in total.